The first-order valence-electron chi connectivity index (χ1n) is 12.1. The maximum absolute atomic E-state index is 6.19. The van der Waals surface area contributed by atoms with Crippen molar-refractivity contribution in [2.45, 2.75) is 49.1 Å². The molecule has 170 valence electrons. The average Bonchev–Trinajstić information content (AvgIpc) is 3.68. The van der Waals surface area contributed by atoms with Gasteiger partial charge in [-0.15, -0.1) is 0 Å². The molecule has 4 atom stereocenters. The molecule has 0 bridgehead atoms. The Hall–Kier alpha value is -3.02. The Morgan fingerprint density at radius 1 is 0.500 bits per heavy atom. The topological polar surface area (TPSA) is 36.9 Å². The molecule has 2 aliphatic carbocycles. The Bertz CT molecular complexity index is 1160. The van der Waals surface area contributed by atoms with Crippen LogP contribution < -0.4 is 0 Å². The minimum Gasteiger partial charge on any atom is -0.227 e. The highest BCUT2D eigenvalue weighted by Crippen LogP contribution is 2.53. The van der Waals surface area contributed by atoms with E-state index in [0.29, 0.717) is 0 Å². The van der Waals surface area contributed by atoms with E-state index in [4.69, 9.17) is 19.6 Å². The highest BCUT2D eigenvalue weighted by Gasteiger charge is 2.53. The molecule has 34 heavy (non-hydrogen) atoms. The molecule has 4 aliphatic rings. The lowest BCUT2D eigenvalue weighted by Gasteiger charge is -2.31. The molecule has 2 aliphatic heterocycles. The van der Waals surface area contributed by atoms with E-state index in [-0.39, 0.29) is 12.2 Å². The van der Waals surface area contributed by atoms with Gasteiger partial charge in [-0.3, -0.25) is 0 Å². The summed E-state index contributed by atoms with van der Waals surface area (Å²) >= 11 is 0. The van der Waals surface area contributed by atoms with Crippen molar-refractivity contribution in [1.29, 1.82) is 0 Å². The maximum Gasteiger partial charge on any atom is 0.177 e. The van der Waals surface area contributed by atoms with Crippen LogP contribution in [0.4, 0.5) is 0 Å². The van der Waals surface area contributed by atoms with Crippen molar-refractivity contribution in [2.24, 2.45) is 0 Å². The molecule has 7 rings (SSSR count). The number of fused-ring (bicyclic) bond motifs is 2. The van der Waals surface area contributed by atoms with Gasteiger partial charge >= 0.3 is 0 Å². The fraction of sp³-hybridized carbons (Fsp3) is 0.267. The monoisotopic (exact) mass is 450 g/mol. The number of hydrogen-bond donors (Lipinski definition) is 0. The van der Waals surface area contributed by atoms with Crippen LogP contribution >= 0.6 is 0 Å². The van der Waals surface area contributed by atoms with Crippen molar-refractivity contribution in [3.63, 3.8) is 0 Å². The first-order chi connectivity index (χ1) is 16.8. The highest BCUT2D eigenvalue weighted by atomic mass is 17.2. The summed E-state index contributed by atoms with van der Waals surface area (Å²) in [6.45, 7) is 0. The van der Waals surface area contributed by atoms with Gasteiger partial charge in [0.25, 0.3) is 0 Å². The van der Waals surface area contributed by atoms with E-state index < -0.39 is 11.2 Å². The predicted molar refractivity (Wildman–Crippen MR) is 127 cm³/mol. The van der Waals surface area contributed by atoms with E-state index in [2.05, 4.69) is 84.9 Å². The van der Waals surface area contributed by atoms with Crippen molar-refractivity contribution >= 4 is 0 Å². The van der Waals surface area contributed by atoms with Gasteiger partial charge in [-0.1, -0.05) is 97.1 Å². The zero-order chi connectivity index (χ0) is 22.6. The van der Waals surface area contributed by atoms with Gasteiger partial charge in [0, 0.05) is 11.1 Å². The van der Waals surface area contributed by atoms with E-state index in [1.807, 2.05) is 12.1 Å². The van der Waals surface area contributed by atoms with Gasteiger partial charge in [-0.25, -0.2) is 19.6 Å². The molecule has 3 aromatic carbocycles. The minimum absolute atomic E-state index is 0.00603. The van der Waals surface area contributed by atoms with Gasteiger partial charge in [0.1, 0.15) is 12.2 Å². The molecular weight excluding hydrogens is 424 g/mol. The molecule has 3 aromatic rings. The molecule has 0 radical (unpaired) electrons. The standard InChI is InChI=1S/C30H26O4/c1-3-9-21(10-4-1)29(25-13-7-15-27(25)31-33-29)23-17-19-24(20-18-23)30(22-11-5-2-6-12-22)26-14-8-16-28(26)32-34-30/h1-6,9-14,17-20,27-28H,7-8,15-16H2. The van der Waals surface area contributed by atoms with E-state index in [1.54, 1.807) is 0 Å². The van der Waals surface area contributed by atoms with Crippen molar-refractivity contribution in [3.8, 4) is 0 Å². The van der Waals surface area contributed by atoms with Crippen LogP contribution in [0.3, 0.4) is 0 Å². The summed E-state index contributed by atoms with van der Waals surface area (Å²) < 4.78 is 0. The van der Waals surface area contributed by atoms with E-state index in [0.717, 1.165) is 47.9 Å². The molecule has 2 heterocycles. The summed E-state index contributed by atoms with van der Waals surface area (Å²) in [7, 11) is 0. The third kappa shape index (κ3) is 2.74. The summed E-state index contributed by atoms with van der Waals surface area (Å²) in [6.07, 6.45) is 8.51. The Morgan fingerprint density at radius 2 is 0.882 bits per heavy atom. The van der Waals surface area contributed by atoms with E-state index in [1.165, 1.54) is 11.1 Å². The largest absolute Gasteiger partial charge is 0.227 e. The Kier molecular flexibility index (Phi) is 4.64. The zero-order valence-electron chi connectivity index (χ0n) is 18.9. The van der Waals surface area contributed by atoms with Crippen LogP contribution in [0, 0.1) is 0 Å². The second kappa shape index (κ2) is 7.76. The van der Waals surface area contributed by atoms with Crippen molar-refractivity contribution < 1.29 is 19.6 Å². The van der Waals surface area contributed by atoms with Gasteiger partial charge in [-0.05, 0) is 47.9 Å². The molecule has 0 spiro atoms. The average molecular weight is 451 g/mol. The van der Waals surface area contributed by atoms with E-state index in [9.17, 15) is 0 Å². The summed E-state index contributed by atoms with van der Waals surface area (Å²) in [4.78, 5) is 24.1. The third-order valence-corrected chi connectivity index (χ3v) is 7.73. The van der Waals surface area contributed by atoms with Gasteiger partial charge in [0.15, 0.2) is 11.2 Å². The number of benzene rings is 3. The van der Waals surface area contributed by atoms with Crippen LogP contribution in [0.2, 0.25) is 0 Å². The van der Waals surface area contributed by atoms with Crippen LogP contribution in [0.15, 0.2) is 108 Å². The summed E-state index contributed by atoms with van der Waals surface area (Å²) in [6, 6.07) is 29.4. The molecule has 0 aromatic heterocycles. The quantitative estimate of drug-likeness (QED) is 0.347. The van der Waals surface area contributed by atoms with Crippen LogP contribution in [0.5, 0.6) is 0 Å². The Labute approximate surface area is 199 Å². The molecule has 4 unspecified atom stereocenters. The molecule has 0 N–H and O–H groups in total. The molecule has 0 amide bonds. The Balaban J connectivity index is 1.37. The molecule has 2 saturated heterocycles. The smallest absolute Gasteiger partial charge is 0.177 e. The first-order valence-corrected chi connectivity index (χ1v) is 12.1. The Morgan fingerprint density at radius 3 is 1.29 bits per heavy atom. The fourth-order valence-corrected chi connectivity index (χ4v) is 6.13. The molecular formula is C30H26O4. The molecule has 4 nitrogen and oxygen atoms in total. The molecule has 0 saturated carbocycles. The van der Waals surface area contributed by atoms with Gasteiger partial charge in [0.05, 0.1) is 0 Å². The van der Waals surface area contributed by atoms with Crippen molar-refractivity contribution in [3.05, 3.63) is 130 Å². The lowest BCUT2D eigenvalue weighted by Crippen LogP contribution is -2.31. The lowest BCUT2D eigenvalue weighted by atomic mass is 9.76. The van der Waals surface area contributed by atoms with Crippen LogP contribution in [0.1, 0.15) is 47.9 Å². The number of hydrogen-bond acceptors (Lipinski definition) is 4. The van der Waals surface area contributed by atoms with Crippen LogP contribution in [-0.4, -0.2) is 12.2 Å². The van der Waals surface area contributed by atoms with Crippen LogP contribution in [-0.2, 0) is 30.8 Å². The highest BCUT2D eigenvalue weighted by molar-refractivity contribution is 5.53. The first kappa shape index (κ1) is 20.4. The zero-order valence-corrected chi connectivity index (χ0v) is 18.9. The fourth-order valence-electron chi connectivity index (χ4n) is 6.13. The number of rotatable bonds is 4. The second-order valence-electron chi connectivity index (χ2n) is 9.48. The van der Waals surface area contributed by atoms with Gasteiger partial charge in [0.2, 0.25) is 0 Å². The third-order valence-electron chi connectivity index (χ3n) is 7.73. The van der Waals surface area contributed by atoms with Gasteiger partial charge < -0.3 is 0 Å². The second-order valence-corrected chi connectivity index (χ2v) is 9.48. The van der Waals surface area contributed by atoms with E-state index >= 15 is 0 Å². The lowest BCUT2D eigenvalue weighted by molar-refractivity contribution is -0.321. The van der Waals surface area contributed by atoms with Gasteiger partial charge in [-0.2, -0.15) is 0 Å². The predicted octanol–water partition coefficient (Wildman–Crippen LogP) is 6.28. The summed E-state index contributed by atoms with van der Waals surface area (Å²) in [5, 5.41) is 0. The van der Waals surface area contributed by atoms with Crippen molar-refractivity contribution in [1.82, 2.24) is 0 Å². The SMILES string of the molecule is C1=C2C(CC1)OOC2(c1ccccc1)c1ccc(C2(c3ccccc3)OOC3CCC=C32)cc1. The maximum atomic E-state index is 6.19. The van der Waals surface area contributed by atoms with Crippen molar-refractivity contribution in [2.75, 3.05) is 0 Å². The molecule has 2 fully saturated rings. The van der Waals surface area contributed by atoms with Crippen LogP contribution in [0.25, 0.3) is 0 Å². The normalized spacial score (nSPS) is 31.8. The number of allylic oxidation sites excluding steroid dienone is 2. The summed E-state index contributed by atoms with van der Waals surface area (Å²) in [5.41, 5.74) is 5.19. The summed E-state index contributed by atoms with van der Waals surface area (Å²) in [5.74, 6) is 0. The minimum atomic E-state index is -0.733. The molecule has 4 heteroatoms.